The van der Waals surface area contributed by atoms with Crippen LogP contribution in [0.5, 0.6) is 0 Å². The molecule has 0 atom stereocenters. The molecule has 0 radical (unpaired) electrons. The minimum atomic E-state index is -0.505. The molecular formula is C29H32FN5O2. The minimum absolute atomic E-state index is 0.00127. The van der Waals surface area contributed by atoms with E-state index in [0.29, 0.717) is 41.8 Å². The lowest BCUT2D eigenvalue weighted by Gasteiger charge is -2.23. The van der Waals surface area contributed by atoms with Gasteiger partial charge in [-0.15, -0.1) is 13.2 Å². The number of amides is 1. The molecule has 0 unspecified atom stereocenters. The highest BCUT2D eigenvalue weighted by molar-refractivity contribution is 5.94. The third-order valence-corrected chi connectivity index (χ3v) is 5.93. The van der Waals surface area contributed by atoms with E-state index in [1.165, 1.54) is 0 Å². The van der Waals surface area contributed by atoms with Crippen LogP contribution in [0.1, 0.15) is 68.3 Å². The van der Waals surface area contributed by atoms with Gasteiger partial charge in [0.05, 0.1) is 11.5 Å². The van der Waals surface area contributed by atoms with Gasteiger partial charge in [-0.05, 0) is 49.9 Å². The number of aryl methyl sites for hydroxylation is 1. The first-order valence-corrected chi connectivity index (χ1v) is 12.5. The van der Waals surface area contributed by atoms with Crippen LogP contribution < -0.4 is 4.90 Å². The summed E-state index contributed by atoms with van der Waals surface area (Å²) in [4.78, 5) is 23.5. The number of nitrogens with zero attached hydrogens (tertiary/aromatic N) is 5. The molecule has 0 N–H and O–H groups in total. The van der Waals surface area contributed by atoms with Gasteiger partial charge in [0, 0.05) is 43.0 Å². The molecule has 2 heterocycles. The van der Waals surface area contributed by atoms with Gasteiger partial charge in [0.2, 0.25) is 11.8 Å². The van der Waals surface area contributed by atoms with Crippen LogP contribution in [0.4, 0.5) is 10.1 Å². The molecule has 1 amide bonds. The molecule has 37 heavy (non-hydrogen) atoms. The molecule has 1 aliphatic carbocycles. The molecule has 1 saturated carbocycles. The van der Waals surface area contributed by atoms with E-state index in [0.717, 1.165) is 43.5 Å². The zero-order chi connectivity index (χ0) is 26.6. The fraction of sp³-hybridized carbons (Fsp3) is 0.345. The number of allylic oxidation sites excluding steroid dienone is 1. The number of carbonyl (C=O) groups excluding carboxylic acids is 1. The van der Waals surface area contributed by atoms with E-state index in [1.807, 2.05) is 36.4 Å². The summed E-state index contributed by atoms with van der Waals surface area (Å²) < 4.78 is 18.6. The minimum Gasteiger partial charge on any atom is -0.339 e. The lowest BCUT2D eigenvalue weighted by atomic mass is 10.1. The van der Waals surface area contributed by atoms with Gasteiger partial charge in [-0.25, -0.2) is 9.37 Å². The molecule has 1 aromatic carbocycles. The fourth-order valence-corrected chi connectivity index (χ4v) is 3.87. The maximum atomic E-state index is 13.2. The Balaban J connectivity index is 0.00000186. The van der Waals surface area contributed by atoms with Crippen LogP contribution in [0.3, 0.4) is 0 Å². The van der Waals surface area contributed by atoms with Gasteiger partial charge in [-0.2, -0.15) is 10.2 Å². The molecule has 7 nitrogen and oxygen atoms in total. The summed E-state index contributed by atoms with van der Waals surface area (Å²) in [7, 11) is 0. The number of rotatable bonds is 12. The largest absolute Gasteiger partial charge is 0.339 e. The number of nitriles is 1. The van der Waals surface area contributed by atoms with Crippen LogP contribution in [-0.4, -0.2) is 27.6 Å². The van der Waals surface area contributed by atoms with E-state index < -0.39 is 5.83 Å². The van der Waals surface area contributed by atoms with Crippen molar-refractivity contribution in [2.75, 3.05) is 11.4 Å². The smallest absolute Gasteiger partial charge is 0.227 e. The number of pyridine rings is 1. The molecule has 4 rings (SSSR count). The number of unbranched alkanes of at least 4 members (excludes halogenated alkanes) is 2. The predicted molar refractivity (Wildman–Crippen MR) is 141 cm³/mol. The summed E-state index contributed by atoms with van der Waals surface area (Å²) in [6.07, 6.45) is 5.57. The van der Waals surface area contributed by atoms with Crippen LogP contribution in [0.15, 0.2) is 72.6 Å². The van der Waals surface area contributed by atoms with Crippen molar-refractivity contribution in [3.63, 3.8) is 0 Å². The number of anilines is 1. The zero-order valence-electron chi connectivity index (χ0n) is 21.0. The van der Waals surface area contributed by atoms with Crippen molar-refractivity contribution in [1.29, 1.82) is 5.26 Å². The Morgan fingerprint density at radius 3 is 2.62 bits per heavy atom. The van der Waals surface area contributed by atoms with Gasteiger partial charge < -0.3 is 9.42 Å². The predicted octanol–water partition coefficient (Wildman–Crippen LogP) is 6.69. The van der Waals surface area contributed by atoms with Crippen molar-refractivity contribution in [1.82, 2.24) is 15.1 Å². The number of halogens is 1. The molecule has 8 heteroatoms. The van der Waals surface area contributed by atoms with Crippen LogP contribution in [0.2, 0.25) is 0 Å². The molecule has 0 bridgehead atoms. The molecule has 1 aliphatic rings. The average molecular weight is 502 g/mol. The first kappa shape index (κ1) is 27.5. The topological polar surface area (TPSA) is 95.9 Å². The number of carbonyl (C=O) groups is 1. The van der Waals surface area contributed by atoms with Gasteiger partial charge in [0.15, 0.2) is 5.82 Å². The van der Waals surface area contributed by atoms with Crippen LogP contribution in [-0.2, 0) is 11.2 Å². The Bertz CT molecular complexity index is 1240. The highest BCUT2D eigenvalue weighted by atomic mass is 19.1. The SMILES string of the molecule is C=C.C=C(F)CCC(=O)N(CCCCCc1nc(C2CC2)no1)c1cccc(-c2cccc(C#N)n2)c1. The summed E-state index contributed by atoms with van der Waals surface area (Å²) >= 11 is 0. The first-order valence-electron chi connectivity index (χ1n) is 12.5. The monoisotopic (exact) mass is 501 g/mol. The molecule has 1 fully saturated rings. The summed E-state index contributed by atoms with van der Waals surface area (Å²) in [5.41, 5.74) is 2.50. The highest BCUT2D eigenvalue weighted by Gasteiger charge is 2.28. The van der Waals surface area contributed by atoms with Crippen molar-refractivity contribution in [2.45, 2.75) is 57.3 Å². The van der Waals surface area contributed by atoms with Crippen LogP contribution >= 0.6 is 0 Å². The second-order valence-electron chi connectivity index (χ2n) is 8.76. The van der Waals surface area contributed by atoms with Gasteiger partial charge in [0.25, 0.3) is 0 Å². The Labute approximate surface area is 217 Å². The van der Waals surface area contributed by atoms with Crippen molar-refractivity contribution in [2.24, 2.45) is 0 Å². The second-order valence-corrected chi connectivity index (χ2v) is 8.76. The molecule has 0 saturated heterocycles. The van der Waals surface area contributed by atoms with E-state index in [2.05, 4.69) is 34.9 Å². The van der Waals surface area contributed by atoms with Crippen molar-refractivity contribution < 1.29 is 13.7 Å². The summed E-state index contributed by atoms with van der Waals surface area (Å²) in [5.74, 6) is 1.29. The van der Waals surface area contributed by atoms with E-state index in [-0.39, 0.29) is 18.7 Å². The van der Waals surface area contributed by atoms with Gasteiger partial charge in [-0.3, -0.25) is 4.79 Å². The number of hydrogen-bond donors (Lipinski definition) is 0. The molecule has 0 aliphatic heterocycles. The van der Waals surface area contributed by atoms with E-state index in [1.54, 1.807) is 17.0 Å². The zero-order valence-corrected chi connectivity index (χ0v) is 21.0. The second kappa shape index (κ2) is 13.8. The first-order chi connectivity index (χ1) is 18.0. The van der Waals surface area contributed by atoms with Crippen molar-refractivity contribution in [3.05, 3.63) is 85.4 Å². The molecule has 2 aromatic heterocycles. The molecule has 0 spiro atoms. The summed E-state index contributed by atoms with van der Waals surface area (Å²) in [5, 5.41) is 13.2. The van der Waals surface area contributed by atoms with E-state index in [9.17, 15) is 9.18 Å². The van der Waals surface area contributed by atoms with Crippen LogP contribution in [0.25, 0.3) is 11.3 Å². The van der Waals surface area contributed by atoms with Crippen LogP contribution in [0, 0.1) is 11.3 Å². The number of aromatic nitrogens is 3. The third kappa shape index (κ3) is 8.21. The lowest BCUT2D eigenvalue weighted by Crippen LogP contribution is -2.31. The normalized spacial score (nSPS) is 12.2. The number of benzene rings is 1. The van der Waals surface area contributed by atoms with Crippen molar-refractivity contribution >= 4 is 11.6 Å². The lowest BCUT2D eigenvalue weighted by molar-refractivity contribution is -0.118. The van der Waals surface area contributed by atoms with Gasteiger partial charge in [-0.1, -0.05) is 36.4 Å². The Kier molecular flexibility index (Phi) is 10.3. The molecular weight excluding hydrogens is 469 g/mol. The highest BCUT2D eigenvalue weighted by Crippen LogP contribution is 2.38. The Morgan fingerprint density at radius 1 is 1.11 bits per heavy atom. The number of hydrogen-bond acceptors (Lipinski definition) is 6. The van der Waals surface area contributed by atoms with E-state index in [4.69, 9.17) is 9.78 Å². The molecule has 192 valence electrons. The third-order valence-electron chi connectivity index (χ3n) is 5.93. The van der Waals surface area contributed by atoms with Gasteiger partial charge >= 0.3 is 0 Å². The standard InChI is InChI=1S/C27H28FN5O2.C2H4/c1-19(28)12-15-26(34)33(16-4-2-3-11-25-31-27(32-35-25)20-13-14-20)23-9-5-7-21(17-23)24-10-6-8-22(18-29)30-24;1-2/h5-10,17,20H,1-4,11-16H2;1-2H2. The Hall–Kier alpha value is -4.12. The quantitative estimate of drug-likeness (QED) is 0.203. The summed E-state index contributed by atoms with van der Waals surface area (Å²) in [6.45, 7) is 9.77. The fourth-order valence-electron chi connectivity index (χ4n) is 3.87. The average Bonchev–Trinajstić information content (AvgIpc) is 3.68. The van der Waals surface area contributed by atoms with Gasteiger partial charge in [0.1, 0.15) is 11.8 Å². The van der Waals surface area contributed by atoms with E-state index >= 15 is 0 Å². The Morgan fingerprint density at radius 2 is 1.89 bits per heavy atom. The molecule has 3 aromatic rings. The summed E-state index contributed by atoms with van der Waals surface area (Å²) in [6, 6.07) is 14.8. The maximum absolute atomic E-state index is 13.2. The maximum Gasteiger partial charge on any atom is 0.227 e. The van der Waals surface area contributed by atoms with Crippen molar-refractivity contribution in [3.8, 4) is 17.3 Å².